The third-order valence-electron chi connectivity index (χ3n) is 4.03. The summed E-state index contributed by atoms with van der Waals surface area (Å²) >= 11 is 0. The van der Waals surface area contributed by atoms with E-state index in [0.717, 1.165) is 30.7 Å². The van der Waals surface area contributed by atoms with Crippen LogP contribution < -0.4 is 0 Å². The second kappa shape index (κ2) is 6.70. The molecule has 1 N–H and O–H groups in total. The minimum absolute atomic E-state index is 0.0184. The van der Waals surface area contributed by atoms with Crippen LogP contribution >= 0.6 is 0 Å². The fourth-order valence-corrected chi connectivity index (χ4v) is 2.93. The number of nitrogens with zero attached hydrogens (tertiary/aromatic N) is 2. The van der Waals surface area contributed by atoms with Crippen molar-refractivity contribution >= 4 is 11.9 Å². The first kappa shape index (κ1) is 15.5. The van der Waals surface area contributed by atoms with Gasteiger partial charge in [0.2, 0.25) is 0 Å². The second-order valence-corrected chi connectivity index (χ2v) is 5.67. The predicted molar refractivity (Wildman–Crippen MR) is 79.3 cm³/mol. The standard InChI is InChI=1S/C16H22N2O3/c1-11-6-8-14(12(2)17-11)16(21)18-10-4-3-5-13(18)7-9-15(19)20/h6,8,13H,3-5,7,9-10H2,1-2H3,(H,19,20). The normalized spacial score (nSPS) is 18.6. The average Bonchev–Trinajstić information content (AvgIpc) is 2.45. The summed E-state index contributed by atoms with van der Waals surface area (Å²) in [6.45, 7) is 4.45. The van der Waals surface area contributed by atoms with E-state index in [-0.39, 0.29) is 18.4 Å². The number of rotatable bonds is 4. The molecule has 1 saturated heterocycles. The Labute approximate surface area is 125 Å². The number of carboxylic acids is 1. The largest absolute Gasteiger partial charge is 0.481 e. The van der Waals surface area contributed by atoms with Crippen molar-refractivity contribution in [2.24, 2.45) is 0 Å². The predicted octanol–water partition coefficient (Wildman–Crippen LogP) is 2.56. The number of aliphatic carboxylic acids is 1. The number of amides is 1. The van der Waals surface area contributed by atoms with Crippen molar-refractivity contribution < 1.29 is 14.7 Å². The first-order chi connectivity index (χ1) is 9.99. The molecule has 0 radical (unpaired) electrons. The van der Waals surface area contributed by atoms with Gasteiger partial charge in [-0.3, -0.25) is 14.6 Å². The second-order valence-electron chi connectivity index (χ2n) is 5.67. The zero-order valence-corrected chi connectivity index (χ0v) is 12.6. The summed E-state index contributed by atoms with van der Waals surface area (Å²) in [4.78, 5) is 29.7. The highest BCUT2D eigenvalue weighted by molar-refractivity contribution is 5.95. The molecule has 0 saturated carbocycles. The van der Waals surface area contributed by atoms with Crippen molar-refractivity contribution in [2.45, 2.75) is 52.0 Å². The summed E-state index contributed by atoms with van der Waals surface area (Å²) in [7, 11) is 0. The number of hydrogen-bond acceptors (Lipinski definition) is 3. The lowest BCUT2D eigenvalue weighted by Gasteiger charge is -2.36. The quantitative estimate of drug-likeness (QED) is 0.925. The number of aryl methyl sites for hydroxylation is 2. The molecule has 1 aliphatic heterocycles. The van der Waals surface area contributed by atoms with E-state index in [1.54, 1.807) is 0 Å². The van der Waals surface area contributed by atoms with E-state index < -0.39 is 5.97 Å². The molecule has 1 aromatic rings. The summed E-state index contributed by atoms with van der Waals surface area (Å²) in [5, 5.41) is 8.85. The Bertz CT molecular complexity index is 542. The van der Waals surface area contributed by atoms with Gasteiger partial charge in [0.1, 0.15) is 0 Å². The zero-order chi connectivity index (χ0) is 15.4. The van der Waals surface area contributed by atoms with Crippen LogP contribution in [0.2, 0.25) is 0 Å². The molecular weight excluding hydrogens is 268 g/mol. The molecule has 5 heteroatoms. The van der Waals surface area contributed by atoms with Crippen molar-refractivity contribution in [3.8, 4) is 0 Å². The summed E-state index contributed by atoms with van der Waals surface area (Å²) < 4.78 is 0. The molecule has 21 heavy (non-hydrogen) atoms. The van der Waals surface area contributed by atoms with Crippen molar-refractivity contribution in [1.82, 2.24) is 9.88 Å². The molecule has 1 atom stereocenters. The lowest BCUT2D eigenvalue weighted by Crippen LogP contribution is -2.44. The third kappa shape index (κ3) is 3.80. The van der Waals surface area contributed by atoms with Crippen LogP contribution in [0.1, 0.15) is 53.8 Å². The van der Waals surface area contributed by atoms with E-state index in [1.165, 1.54) is 0 Å². The van der Waals surface area contributed by atoms with Crippen LogP contribution in [-0.2, 0) is 4.79 Å². The monoisotopic (exact) mass is 290 g/mol. The summed E-state index contributed by atoms with van der Waals surface area (Å²) in [5.74, 6) is -0.823. The molecule has 0 bridgehead atoms. The zero-order valence-electron chi connectivity index (χ0n) is 12.6. The highest BCUT2D eigenvalue weighted by Crippen LogP contribution is 2.23. The van der Waals surface area contributed by atoms with E-state index in [1.807, 2.05) is 30.9 Å². The SMILES string of the molecule is Cc1ccc(C(=O)N2CCCCC2CCC(=O)O)c(C)n1. The number of carbonyl (C=O) groups excluding carboxylic acids is 1. The first-order valence-corrected chi connectivity index (χ1v) is 7.46. The average molecular weight is 290 g/mol. The Hall–Kier alpha value is -1.91. The number of piperidine rings is 1. The Kier molecular flexibility index (Phi) is 4.94. The fourth-order valence-electron chi connectivity index (χ4n) is 2.93. The number of aromatic nitrogens is 1. The van der Waals surface area contributed by atoms with Crippen LogP contribution in [0.25, 0.3) is 0 Å². The van der Waals surface area contributed by atoms with Crippen LogP contribution in [0.15, 0.2) is 12.1 Å². The Morgan fingerprint density at radius 3 is 2.76 bits per heavy atom. The maximum Gasteiger partial charge on any atom is 0.303 e. The van der Waals surface area contributed by atoms with E-state index in [9.17, 15) is 9.59 Å². The Morgan fingerprint density at radius 2 is 2.10 bits per heavy atom. The Morgan fingerprint density at radius 1 is 1.33 bits per heavy atom. The number of carbonyl (C=O) groups is 2. The number of pyridine rings is 1. The Balaban J connectivity index is 2.16. The number of carboxylic acid groups (broad SMARTS) is 1. The topological polar surface area (TPSA) is 70.5 Å². The van der Waals surface area contributed by atoms with Gasteiger partial charge in [-0.1, -0.05) is 0 Å². The molecule has 1 aromatic heterocycles. The smallest absolute Gasteiger partial charge is 0.303 e. The van der Waals surface area contributed by atoms with Crippen LogP contribution in [0.5, 0.6) is 0 Å². The molecule has 2 heterocycles. The lowest BCUT2D eigenvalue weighted by molar-refractivity contribution is -0.137. The van der Waals surface area contributed by atoms with Crippen LogP contribution in [0, 0.1) is 13.8 Å². The molecule has 1 aliphatic rings. The molecule has 114 valence electrons. The lowest BCUT2D eigenvalue weighted by atomic mass is 9.96. The van der Waals surface area contributed by atoms with Crippen molar-refractivity contribution in [3.63, 3.8) is 0 Å². The van der Waals surface area contributed by atoms with Crippen molar-refractivity contribution in [1.29, 1.82) is 0 Å². The third-order valence-corrected chi connectivity index (χ3v) is 4.03. The number of likely N-dealkylation sites (tertiary alicyclic amines) is 1. The van der Waals surface area contributed by atoms with Gasteiger partial charge in [-0.15, -0.1) is 0 Å². The molecular formula is C16H22N2O3. The highest BCUT2D eigenvalue weighted by atomic mass is 16.4. The van der Waals surface area contributed by atoms with Crippen LogP contribution in [-0.4, -0.2) is 39.5 Å². The van der Waals surface area contributed by atoms with E-state index in [0.29, 0.717) is 18.5 Å². The van der Waals surface area contributed by atoms with Gasteiger partial charge >= 0.3 is 5.97 Å². The van der Waals surface area contributed by atoms with Crippen molar-refractivity contribution in [3.05, 3.63) is 29.1 Å². The molecule has 1 amide bonds. The van der Waals surface area contributed by atoms with Crippen LogP contribution in [0.4, 0.5) is 0 Å². The van der Waals surface area contributed by atoms with Gasteiger partial charge in [0.05, 0.1) is 11.3 Å². The van der Waals surface area contributed by atoms with Gasteiger partial charge in [0.25, 0.3) is 5.91 Å². The minimum Gasteiger partial charge on any atom is -0.481 e. The molecule has 1 unspecified atom stereocenters. The number of hydrogen-bond donors (Lipinski definition) is 1. The molecule has 2 rings (SSSR count). The van der Waals surface area contributed by atoms with Gasteiger partial charge < -0.3 is 10.0 Å². The molecule has 1 fully saturated rings. The summed E-state index contributed by atoms with van der Waals surface area (Å²) in [6, 6.07) is 3.70. The van der Waals surface area contributed by atoms with Gasteiger partial charge in [-0.2, -0.15) is 0 Å². The molecule has 0 spiro atoms. The van der Waals surface area contributed by atoms with E-state index in [2.05, 4.69) is 4.98 Å². The highest BCUT2D eigenvalue weighted by Gasteiger charge is 2.28. The van der Waals surface area contributed by atoms with Gasteiger partial charge in [0.15, 0.2) is 0 Å². The van der Waals surface area contributed by atoms with Crippen molar-refractivity contribution in [2.75, 3.05) is 6.54 Å². The fraction of sp³-hybridized carbons (Fsp3) is 0.562. The first-order valence-electron chi connectivity index (χ1n) is 7.46. The van der Waals surface area contributed by atoms with E-state index in [4.69, 9.17) is 5.11 Å². The van der Waals surface area contributed by atoms with Gasteiger partial charge in [0, 0.05) is 24.7 Å². The molecule has 0 aliphatic carbocycles. The summed E-state index contributed by atoms with van der Waals surface area (Å²) in [5.41, 5.74) is 2.26. The maximum atomic E-state index is 12.7. The van der Waals surface area contributed by atoms with E-state index >= 15 is 0 Å². The minimum atomic E-state index is -0.804. The van der Waals surface area contributed by atoms with Gasteiger partial charge in [-0.25, -0.2) is 0 Å². The maximum absolute atomic E-state index is 12.7. The molecule has 0 aromatic carbocycles. The van der Waals surface area contributed by atoms with Gasteiger partial charge in [-0.05, 0) is 51.7 Å². The summed E-state index contributed by atoms with van der Waals surface area (Å²) in [6.07, 6.45) is 3.56. The van der Waals surface area contributed by atoms with Crippen LogP contribution in [0.3, 0.4) is 0 Å². The molecule has 5 nitrogen and oxygen atoms in total.